The molecular formula is C23H20N4O2S. The predicted octanol–water partition coefficient (Wildman–Crippen LogP) is 4.61. The van der Waals surface area contributed by atoms with Crippen LogP contribution in [0.15, 0.2) is 71.6 Å². The number of benzene rings is 3. The molecule has 0 aliphatic heterocycles. The van der Waals surface area contributed by atoms with E-state index in [4.69, 9.17) is 0 Å². The number of aromatic nitrogens is 3. The summed E-state index contributed by atoms with van der Waals surface area (Å²) >= 11 is 0. The van der Waals surface area contributed by atoms with Crippen molar-refractivity contribution in [1.82, 2.24) is 15.2 Å². The van der Waals surface area contributed by atoms with Crippen LogP contribution in [0.1, 0.15) is 22.5 Å². The molecule has 1 aromatic heterocycles. The third kappa shape index (κ3) is 4.36. The molecule has 1 heterocycles. The number of rotatable bonds is 5. The first-order chi connectivity index (χ1) is 14.4. The number of fused-ring (bicyclic) bond motifs is 1. The zero-order valence-electron chi connectivity index (χ0n) is 16.6. The van der Waals surface area contributed by atoms with Gasteiger partial charge in [-0.25, -0.2) is 18.1 Å². The highest BCUT2D eigenvalue weighted by Gasteiger charge is 2.16. The molecule has 150 valence electrons. The van der Waals surface area contributed by atoms with Gasteiger partial charge in [0, 0.05) is 0 Å². The Balaban J connectivity index is 1.59. The lowest BCUT2D eigenvalue weighted by Crippen LogP contribution is -2.16. The third-order valence-electron chi connectivity index (χ3n) is 4.66. The molecular weight excluding hydrogens is 396 g/mol. The van der Waals surface area contributed by atoms with E-state index in [1.165, 1.54) is 5.39 Å². The van der Waals surface area contributed by atoms with Gasteiger partial charge >= 0.3 is 0 Å². The predicted molar refractivity (Wildman–Crippen MR) is 119 cm³/mol. The zero-order chi connectivity index (χ0) is 21.1. The van der Waals surface area contributed by atoms with E-state index in [9.17, 15) is 8.42 Å². The maximum Gasteiger partial charge on any atom is 0.264 e. The summed E-state index contributed by atoms with van der Waals surface area (Å²) in [7, 11) is -3.79. The van der Waals surface area contributed by atoms with Crippen LogP contribution in [0.3, 0.4) is 0 Å². The number of hydrogen-bond donors (Lipinski definition) is 1. The Morgan fingerprint density at radius 2 is 1.57 bits per heavy atom. The average Bonchev–Trinajstić information content (AvgIpc) is 2.74. The molecule has 1 N–H and O–H groups in total. The van der Waals surface area contributed by atoms with Gasteiger partial charge in [0.25, 0.3) is 16.0 Å². The van der Waals surface area contributed by atoms with Gasteiger partial charge in [0.2, 0.25) is 0 Å². The summed E-state index contributed by atoms with van der Waals surface area (Å²) < 4.78 is 27.5. The molecule has 0 aliphatic rings. The lowest BCUT2D eigenvalue weighted by molar-refractivity contribution is 0.600. The first kappa shape index (κ1) is 19.7. The number of sulfonamides is 1. The van der Waals surface area contributed by atoms with Gasteiger partial charge in [-0.05, 0) is 54.5 Å². The molecule has 0 bridgehead atoms. The van der Waals surface area contributed by atoms with Crippen molar-refractivity contribution in [2.45, 2.75) is 18.7 Å². The van der Waals surface area contributed by atoms with Crippen molar-refractivity contribution in [1.29, 1.82) is 0 Å². The fourth-order valence-corrected chi connectivity index (χ4v) is 3.91. The van der Waals surface area contributed by atoms with E-state index in [0.717, 1.165) is 16.5 Å². The molecule has 6 nitrogen and oxygen atoms in total. The molecule has 0 spiro atoms. The second kappa shape index (κ2) is 8.04. The highest BCUT2D eigenvalue weighted by molar-refractivity contribution is 7.92. The number of anilines is 1. The standard InChI is InChI=1S/C23H20N4O2S/c1-16-7-12-21(13-8-16)30(28,29)27-23-24-22(17(2)25-26-23)14-10-18-9-11-19-5-3-4-6-20(19)15-18/h3-15H,1-2H3,(H,24,26,27)/b14-10+. The first-order valence-corrected chi connectivity index (χ1v) is 10.9. The van der Waals surface area contributed by atoms with Gasteiger partial charge in [-0.1, -0.05) is 60.2 Å². The van der Waals surface area contributed by atoms with E-state index in [1.54, 1.807) is 37.3 Å². The Kier molecular flexibility index (Phi) is 5.29. The zero-order valence-corrected chi connectivity index (χ0v) is 17.4. The smallest absolute Gasteiger partial charge is 0.246 e. The second-order valence-electron chi connectivity index (χ2n) is 6.96. The maximum atomic E-state index is 12.6. The third-order valence-corrected chi connectivity index (χ3v) is 6.00. The van der Waals surface area contributed by atoms with Gasteiger partial charge in [-0.2, -0.15) is 0 Å². The van der Waals surface area contributed by atoms with Gasteiger partial charge in [0.15, 0.2) is 0 Å². The minimum absolute atomic E-state index is 0.0701. The summed E-state index contributed by atoms with van der Waals surface area (Å²) in [6.07, 6.45) is 3.72. The van der Waals surface area contributed by atoms with E-state index >= 15 is 0 Å². The average molecular weight is 417 g/mol. The highest BCUT2D eigenvalue weighted by atomic mass is 32.2. The van der Waals surface area contributed by atoms with E-state index in [2.05, 4.69) is 44.2 Å². The molecule has 4 aromatic rings. The van der Waals surface area contributed by atoms with Crippen molar-refractivity contribution < 1.29 is 8.42 Å². The molecule has 0 radical (unpaired) electrons. The highest BCUT2D eigenvalue weighted by Crippen LogP contribution is 2.18. The Hall–Kier alpha value is -3.58. The van der Waals surface area contributed by atoms with Crippen LogP contribution in [-0.4, -0.2) is 23.6 Å². The minimum Gasteiger partial charge on any atom is -0.246 e. The lowest BCUT2D eigenvalue weighted by Gasteiger charge is -2.07. The van der Waals surface area contributed by atoms with Gasteiger partial charge in [-0.3, -0.25) is 0 Å². The molecule has 0 fully saturated rings. The number of nitrogens with one attached hydrogen (secondary N) is 1. The van der Waals surface area contributed by atoms with Gasteiger partial charge in [-0.15, -0.1) is 10.2 Å². The molecule has 0 amide bonds. The van der Waals surface area contributed by atoms with Crippen LogP contribution in [0.25, 0.3) is 22.9 Å². The van der Waals surface area contributed by atoms with Crippen LogP contribution in [0.5, 0.6) is 0 Å². The monoisotopic (exact) mass is 416 g/mol. The molecule has 4 rings (SSSR count). The van der Waals surface area contributed by atoms with Crippen LogP contribution in [-0.2, 0) is 10.0 Å². The second-order valence-corrected chi connectivity index (χ2v) is 8.65. The first-order valence-electron chi connectivity index (χ1n) is 9.38. The summed E-state index contributed by atoms with van der Waals surface area (Å²) in [6, 6.07) is 20.8. The van der Waals surface area contributed by atoms with Crippen molar-refractivity contribution in [3.05, 3.63) is 89.2 Å². The van der Waals surface area contributed by atoms with Crippen LogP contribution in [0.4, 0.5) is 5.95 Å². The lowest BCUT2D eigenvalue weighted by atomic mass is 10.1. The molecule has 30 heavy (non-hydrogen) atoms. The van der Waals surface area contributed by atoms with E-state index in [-0.39, 0.29) is 10.8 Å². The van der Waals surface area contributed by atoms with Crippen molar-refractivity contribution in [3.63, 3.8) is 0 Å². The number of hydrogen-bond acceptors (Lipinski definition) is 5. The SMILES string of the molecule is Cc1ccc(S(=O)(=O)Nc2nnc(C)c(/C=C/c3ccc4ccccc4c3)n2)cc1. The molecule has 0 saturated heterocycles. The molecule has 0 saturated carbocycles. The maximum absolute atomic E-state index is 12.6. The fourth-order valence-electron chi connectivity index (χ4n) is 2.98. The van der Waals surface area contributed by atoms with Gasteiger partial charge < -0.3 is 0 Å². The van der Waals surface area contributed by atoms with E-state index < -0.39 is 10.0 Å². The largest absolute Gasteiger partial charge is 0.264 e. The summed E-state index contributed by atoms with van der Waals surface area (Å²) in [5.41, 5.74) is 3.13. The minimum atomic E-state index is -3.79. The molecule has 0 atom stereocenters. The van der Waals surface area contributed by atoms with E-state index in [0.29, 0.717) is 11.4 Å². The van der Waals surface area contributed by atoms with Crippen molar-refractivity contribution in [2.75, 3.05) is 4.72 Å². The summed E-state index contributed by atoms with van der Waals surface area (Å²) in [4.78, 5) is 4.47. The number of aryl methyl sites for hydroxylation is 2. The van der Waals surface area contributed by atoms with Gasteiger partial charge in [0.05, 0.1) is 16.3 Å². The van der Waals surface area contributed by atoms with Crippen molar-refractivity contribution >= 4 is 38.9 Å². The van der Waals surface area contributed by atoms with Crippen LogP contribution in [0.2, 0.25) is 0 Å². The Morgan fingerprint density at radius 1 is 0.833 bits per heavy atom. The Labute approximate surface area is 175 Å². The van der Waals surface area contributed by atoms with Crippen molar-refractivity contribution in [2.24, 2.45) is 0 Å². The normalized spacial score (nSPS) is 11.8. The molecule has 3 aromatic carbocycles. The fraction of sp³-hybridized carbons (Fsp3) is 0.0870. The topological polar surface area (TPSA) is 84.8 Å². The summed E-state index contributed by atoms with van der Waals surface area (Å²) in [5.74, 6) is -0.0701. The molecule has 7 heteroatoms. The molecule has 0 unspecified atom stereocenters. The Bertz CT molecular complexity index is 1350. The number of nitrogens with zero attached hydrogens (tertiary/aromatic N) is 3. The van der Waals surface area contributed by atoms with Crippen LogP contribution < -0.4 is 4.72 Å². The van der Waals surface area contributed by atoms with Crippen LogP contribution in [0, 0.1) is 13.8 Å². The van der Waals surface area contributed by atoms with Crippen LogP contribution >= 0.6 is 0 Å². The molecule has 0 aliphatic carbocycles. The van der Waals surface area contributed by atoms with E-state index in [1.807, 2.05) is 31.2 Å². The van der Waals surface area contributed by atoms with Crippen molar-refractivity contribution in [3.8, 4) is 0 Å². The Morgan fingerprint density at radius 3 is 2.33 bits per heavy atom. The van der Waals surface area contributed by atoms with Gasteiger partial charge in [0.1, 0.15) is 0 Å². The summed E-state index contributed by atoms with van der Waals surface area (Å²) in [6.45, 7) is 3.67. The quantitative estimate of drug-likeness (QED) is 0.513. The summed E-state index contributed by atoms with van der Waals surface area (Å²) in [5, 5.41) is 10.2.